The van der Waals surface area contributed by atoms with Crippen molar-refractivity contribution in [3.8, 4) is 6.07 Å². The first-order valence-electron chi connectivity index (χ1n) is 2.43. The van der Waals surface area contributed by atoms with Gasteiger partial charge in [-0.2, -0.15) is 10.4 Å². The number of rotatable bonds is 1. The molecule has 0 saturated carbocycles. The van der Waals surface area contributed by atoms with Crippen molar-refractivity contribution >= 4 is 5.82 Å². The van der Waals surface area contributed by atoms with Gasteiger partial charge in [0.25, 0.3) is 0 Å². The average molecular weight is 136 g/mol. The van der Waals surface area contributed by atoms with Crippen LogP contribution in [0, 0.1) is 11.3 Å². The molecule has 0 aliphatic carbocycles. The van der Waals surface area contributed by atoms with Gasteiger partial charge in [0.1, 0.15) is 11.6 Å². The van der Waals surface area contributed by atoms with Gasteiger partial charge in [0, 0.05) is 0 Å². The summed E-state index contributed by atoms with van der Waals surface area (Å²) in [6.45, 7) is 0. The Bertz CT molecular complexity index is 278. The summed E-state index contributed by atoms with van der Waals surface area (Å²) in [5.41, 5.74) is 0.328. The first kappa shape index (κ1) is 6.22. The number of nitrogens with one attached hydrogen (secondary N) is 1. The second kappa shape index (κ2) is 2.59. The Hall–Kier alpha value is -1.90. The van der Waals surface area contributed by atoms with Gasteiger partial charge in [-0.1, -0.05) is 5.22 Å². The average Bonchev–Trinajstić information content (AvgIpc) is 2.36. The summed E-state index contributed by atoms with van der Waals surface area (Å²) in [6.07, 6.45) is 1.35. The minimum atomic E-state index is 0.282. The van der Waals surface area contributed by atoms with Gasteiger partial charge in [-0.05, 0) is 0 Å². The lowest BCUT2D eigenvalue weighted by Crippen LogP contribution is -1.75. The quantitative estimate of drug-likeness (QED) is 0.328. The van der Waals surface area contributed by atoms with Crippen molar-refractivity contribution in [3.63, 3.8) is 0 Å². The molecule has 0 aromatic carbocycles. The summed E-state index contributed by atoms with van der Waals surface area (Å²) in [5, 5.41) is 20.8. The molecule has 50 valence electrons. The van der Waals surface area contributed by atoms with Crippen LogP contribution in [0.4, 0.5) is 5.82 Å². The number of nitriles is 1. The van der Waals surface area contributed by atoms with Crippen LogP contribution in [0.15, 0.2) is 16.5 Å². The molecule has 1 heterocycles. The largest absolute Gasteiger partial charge is 0.305 e. The topological polar surface area (TPSA) is 103 Å². The minimum Gasteiger partial charge on any atom is -0.305 e. The van der Waals surface area contributed by atoms with Crippen LogP contribution in [0.3, 0.4) is 0 Å². The lowest BCUT2D eigenvalue weighted by Gasteiger charge is -1.79. The maximum absolute atomic E-state index is 8.38. The van der Waals surface area contributed by atoms with Crippen LogP contribution in [-0.4, -0.2) is 10.2 Å². The number of H-pyrrole nitrogens is 1. The summed E-state index contributed by atoms with van der Waals surface area (Å²) >= 11 is 0. The molecule has 10 heavy (non-hydrogen) atoms. The highest BCUT2D eigenvalue weighted by molar-refractivity contribution is 5.44. The third-order valence-corrected chi connectivity index (χ3v) is 0.897. The number of aromatic amines is 1. The maximum atomic E-state index is 8.38. The van der Waals surface area contributed by atoms with E-state index in [1.54, 1.807) is 0 Å². The van der Waals surface area contributed by atoms with Gasteiger partial charge in [0.05, 0.1) is 6.20 Å². The van der Waals surface area contributed by atoms with Crippen molar-refractivity contribution in [2.45, 2.75) is 0 Å². The lowest BCUT2D eigenvalue weighted by molar-refractivity contribution is 1.00. The van der Waals surface area contributed by atoms with Crippen molar-refractivity contribution in [3.05, 3.63) is 11.8 Å². The lowest BCUT2D eigenvalue weighted by atomic mass is 10.4. The van der Waals surface area contributed by atoms with E-state index in [0.717, 1.165) is 0 Å². The first-order chi connectivity index (χ1) is 4.88. The summed E-state index contributed by atoms with van der Waals surface area (Å²) < 4.78 is 0. The van der Waals surface area contributed by atoms with Gasteiger partial charge in [-0.3, -0.25) is 5.10 Å². The molecule has 0 atom stereocenters. The summed E-state index contributed by atoms with van der Waals surface area (Å²) in [6, 6.07) is 1.86. The van der Waals surface area contributed by atoms with Crippen molar-refractivity contribution in [2.24, 2.45) is 16.2 Å². The molecule has 6 heteroatoms. The van der Waals surface area contributed by atoms with Gasteiger partial charge in [-0.15, -0.1) is 5.11 Å². The van der Waals surface area contributed by atoms with Crippen LogP contribution in [0.1, 0.15) is 5.56 Å². The zero-order valence-electron chi connectivity index (χ0n) is 4.94. The van der Waals surface area contributed by atoms with Crippen LogP contribution in [0.2, 0.25) is 0 Å². The van der Waals surface area contributed by atoms with E-state index in [4.69, 9.17) is 11.1 Å². The molecule has 1 aromatic rings. The Morgan fingerprint density at radius 1 is 1.80 bits per heavy atom. The van der Waals surface area contributed by atoms with Crippen molar-refractivity contribution < 1.29 is 0 Å². The predicted octanol–water partition coefficient (Wildman–Crippen LogP) is 0.239. The molecule has 3 N–H and O–H groups in total. The van der Waals surface area contributed by atoms with Gasteiger partial charge >= 0.3 is 0 Å². The van der Waals surface area contributed by atoms with E-state index in [1.807, 2.05) is 6.07 Å². The molecule has 0 aliphatic heterocycles. The molecule has 1 aromatic heterocycles. The SMILES string of the molecule is N#Cc1cn[nH]c1N=NN. The number of nitrogens with two attached hydrogens (primary N) is 1. The number of hydrogen-bond acceptors (Lipinski definition) is 4. The summed E-state index contributed by atoms with van der Waals surface area (Å²) in [5.74, 6) is 5.03. The summed E-state index contributed by atoms with van der Waals surface area (Å²) in [7, 11) is 0. The molecule has 1 rings (SSSR count). The van der Waals surface area contributed by atoms with Gasteiger partial charge < -0.3 is 5.84 Å². The standard InChI is InChI=1S/C4H4N6/c5-1-3-2-7-8-4(3)9-10-6/h2H,(H3,6,7,8,9). The molecule has 0 radical (unpaired) electrons. The highest BCUT2D eigenvalue weighted by Crippen LogP contribution is 2.11. The molecular formula is C4H4N6. The number of aromatic nitrogens is 2. The smallest absolute Gasteiger partial charge is 0.190 e. The Morgan fingerprint density at radius 3 is 3.20 bits per heavy atom. The molecule has 0 unspecified atom stereocenters. The Labute approximate surface area is 56.3 Å². The van der Waals surface area contributed by atoms with Crippen molar-refractivity contribution in [2.75, 3.05) is 0 Å². The van der Waals surface area contributed by atoms with Crippen LogP contribution >= 0.6 is 0 Å². The Balaban J connectivity index is 3.04. The highest BCUT2D eigenvalue weighted by atomic mass is 15.3. The molecule has 0 spiro atoms. The molecule has 0 bridgehead atoms. The van der Waals surface area contributed by atoms with Crippen LogP contribution in [0.5, 0.6) is 0 Å². The third-order valence-electron chi connectivity index (χ3n) is 0.897. The predicted molar refractivity (Wildman–Crippen MR) is 32.0 cm³/mol. The van der Waals surface area contributed by atoms with Gasteiger partial charge in [0.15, 0.2) is 5.82 Å². The van der Waals surface area contributed by atoms with Crippen LogP contribution in [0.25, 0.3) is 0 Å². The Morgan fingerprint density at radius 2 is 2.60 bits per heavy atom. The second-order valence-corrected chi connectivity index (χ2v) is 1.46. The van der Waals surface area contributed by atoms with Crippen LogP contribution < -0.4 is 5.84 Å². The van der Waals surface area contributed by atoms with E-state index < -0.39 is 0 Å². The van der Waals surface area contributed by atoms with Gasteiger partial charge in [-0.25, -0.2) is 0 Å². The van der Waals surface area contributed by atoms with E-state index in [-0.39, 0.29) is 5.82 Å². The molecule has 6 nitrogen and oxygen atoms in total. The van der Waals surface area contributed by atoms with Crippen molar-refractivity contribution in [1.29, 1.82) is 5.26 Å². The monoisotopic (exact) mass is 136 g/mol. The zero-order valence-corrected chi connectivity index (χ0v) is 4.94. The molecule has 0 saturated heterocycles. The normalized spacial score (nSPS) is 9.90. The fourth-order valence-electron chi connectivity index (χ4n) is 0.495. The van der Waals surface area contributed by atoms with Crippen molar-refractivity contribution in [1.82, 2.24) is 10.2 Å². The second-order valence-electron chi connectivity index (χ2n) is 1.46. The van der Waals surface area contributed by atoms with Crippen LogP contribution in [-0.2, 0) is 0 Å². The van der Waals surface area contributed by atoms with Gasteiger partial charge in [0.2, 0.25) is 0 Å². The molecular weight excluding hydrogens is 132 g/mol. The molecule has 0 amide bonds. The maximum Gasteiger partial charge on any atom is 0.190 e. The third kappa shape index (κ3) is 0.925. The van der Waals surface area contributed by atoms with E-state index in [1.165, 1.54) is 6.20 Å². The summed E-state index contributed by atoms with van der Waals surface area (Å²) in [4.78, 5) is 0. The van der Waals surface area contributed by atoms with E-state index >= 15 is 0 Å². The van der Waals surface area contributed by atoms with E-state index in [0.29, 0.717) is 5.56 Å². The number of nitrogens with zero attached hydrogens (tertiary/aromatic N) is 4. The first-order valence-corrected chi connectivity index (χ1v) is 2.43. The van der Waals surface area contributed by atoms with E-state index in [9.17, 15) is 0 Å². The number of hydrogen-bond donors (Lipinski definition) is 2. The molecule has 0 aliphatic rings. The fourth-order valence-corrected chi connectivity index (χ4v) is 0.495. The Kier molecular flexibility index (Phi) is 1.61. The fraction of sp³-hybridized carbons (Fsp3) is 0. The molecule has 0 fully saturated rings. The highest BCUT2D eigenvalue weighted by Gasteiger charge is 2.00. The minimum absolute atomic E-state index is 0.282. The van der Waals surface area contributed by atoms with E-state index in [2.05, 4.69) is 20.5 Å². The zero-order chi connectivity index (χ0) is 7.40.